The molecule has 37 heavy (non-hydrogen) atoms. The summed E-state index contributed by atoms with van der Waals surface area (Å²) in [5.41, 5.74) is 6.84. The van der Waals surface area contributed by atoms with Gasteiger partial charge in [-0.1, -0.05) is 30.3 Å². The molecule has 2 heterocycles. The van der Waals surface area contributed by atoms with Crippen molar-refractivity contribution in [1.29, 1.82) is 0 Å². The highest BCUT2D eigenvalue weighted by atomic mass is 19.1. The molecule has 190 valence electrons. The fourth-order valence-electron chi connectivity index (χ4n) is 5.28. The van der Waals surface area contributed by atoms with Gasteiger partial charge in [0.15, 0.2) is 5.58 Å². The van der Waals surface area contributed by atoms with Crippen molar-refractivity contribution in [2.24, 2.45) is 0 Å². The maximum absolute atomic E-state index is 15.1. The van der Waals surface area contributed by atoms with Crippen LogP contribution in [0.15, 0.2) is 59.0 Å². The van der Waals surface area contributed by atoms with Crippen molar-refractivity contribution in [3.63, 3.8) is 0 Å². The van der Waals surface area contributed by atoms with Gasteiger partial charge in [-0.05, 0) is 53.8 Å². The first kappa shape index (κ1) is 23.6. The summed E-state index contributed by atoms with van der Waals surface area (Å²) in [6, 6.07) is 17.7. The summed E-state index contributed by atoms with van der Waals surface area (Å²) in [5.74, 6) is -0.236. The minimum Gasteiger partial charge on any atom is -0.423 e. The lowest BCUT2D eigenvalue weighted by Crippen LogP contribution is -2.35. The lowest BCUT2D eigenvalue weighted by atomic mass is 10.0. The second-order valence-corrected chi connectivity index (χ2v) is 9.78. The number of oxazole rings is 1. The Hall–Kier alpha value is -3.75. The van der Waals surface area contributed by atoms with Crippen molar-refractivity contribution in [3.05, 3.63) is 77.1 Å². The average Bonchev–Trinajstić information content (AvgIpc) is 3.48. The van der Waals surface area contributed by atoms with Gasteiger partial charge >= 0.3 is 0 Å². The number of hydrogen-bond acceptors (Lipinski definition) is 6. The number of nitrogens with zero attached hydrogens (tertiary/aromatic N) is 2. The van der Waals surface area contributed by atoms with Gasteiger partial charge < -0.3 is 19.8 Å². The quantitative estimate of drug-likeness (QED) is 0.396. The van der Waals surface area contributed by atoms with Crippen LogP contribution in [0.5, 0.6) is 0 Å². The van der Waals surface area contributed by atoms with Gasteiger partial charge in [0.2, 0.25) is 5.91 Å². The molecular formula is C29H29FN4O3. The third kappa shape index (κ3) is 5.08. The number of ether oxygens (including phenoxy) is 1. The number of aromatic nitrogens is 1. The van der Waals surface area contributed by atoms with Gasteiger partial charge in [0.1, 0.15) is 11.3 Å². The zero-order valence-corrected chi connectivity index (χ0v) is 20.7. The Balaban J connectivity index is 1.22. The molecule has 8 heteroatoms. The molecule has 1 unspecified atom stereocenters. The predicted molar refractivity (Wildman–Crippen MR) is 140 cm³/mol. The Labute approximate surface area is 214 Å². The van der Waals surface area contributed by atoms with Crippen LogP contribution >= 0.6 is 0 Å². The van der Waals surface area contributed by atoms with Crippen molar-refractivity contribution in [1.82, 2.24) is 15.2 Å². The largest absolute Gasteiger partial charge is 0.423 e. The number of benzene rings is 3. The highest BCUT2D eigenvalue weighted by Gasteiger charge is 2.22. The first-order chi connectivity index (χ1) is 18.0. The van der Waals surface area contributed by atoms with E-state index in [1.54, 1.807) is 13.0 Å². The third-order valence-electron chi connectivity index (χ3n) is 7.07. The van der Waals surface area contributed by atoms with E-state index in [4.69, 9.17) is 9.15 Å². The molecule has 1 aromatic heterocycles. The number of carbonyl (C=O) groups excluding carboxylic acids is 1. The van der Waals surface area contributed by atoms with Gasteiger partial charge in [0, 0.05) is 49.4 Å². The van der Waals surface area contributed by atoms with E-state index in [1.165, 1.54) is 11.1 Å². The number of morpholine rings is 1. The minimum atomic E-state index is -0.227. The summed E-state index contributed by atoms with van der Waals surface area (Å²) in [4.78, 5) is 18.2. The van der Waals surface area contributed by atoms with Crippen LogP contribution in [-0.4, -0.2) is 48.1 Å². The van der Waals surface area contributed by atoms with Crippen LogP contribution in [0.2, 0.25) is 0 Å². The van der Waals surface area contributed by atoms with Crippen molar-refractivity contribution in [2.75, 3.05) is 31.6 Å². The Morgan fingerprint density at radius 3 is 2.73 bits per heavy atom. The number of hydrogen-bond donors (Lipinski definition) is 2. The van der Waals surface area contributed by atoms with Gasteiger partial charge in [0.25, 0.3) is 6.01 Å². The summed E-state index contributed by atoms with van der Waals surface area (Å²) < 4.78 is 26.6. The summed E-state index contributed by atoms with van der Waals surface area (Å²) in [6.07, 6.45) is 1.64. The van der Waals surface area contributed by atoms with Crippen LogP contribution in [-0.2, 0) is 28.9 Å². The van der Waals surface area contributed by atoms with Gasteiger partial charge in [-0.15, -0.1) is 0 Å². The maximum Gasteiger partial charge on any atom is 0.300 e. The van der Waals surface area contributed by atoms with Gasteiger partial charge in [-0.25, -0.2) is 4.39 Å². The minimum absolute atomic E-state index is 0.00921. The topological polar surface area (TPSA) is 79.6 Å². The standard InChI is InChI=1S/C29H29FN4O3/c1-18(35)31-24-13-19-7-8-23(14-22(19)15-24)32-29-33-27-4-2-3-25(28(27)37-29)20-5-6-21(26(30)16-20)17-34-9-11-36-12-10-34/h2-8,14,16,24H,9-13,15,17H2,1H3,(H,31,35)(H,32,33). The maximum atomic E-state index is 15.1. The number of carbonyl (C=O) groups is 1. The number of anilines is 2. The highest BCUT2D eigenvalue weighted by Crippen LogP contribution is 2.33. The molecule has 2 aliphatic rings. The molecular weight excluding hydrogens is 471 g/mol. The lowest BCUT2D eigenvalue weighted by Gasteiger charge is -2.26. The molecule has 1 atom stereocenters. The van der Waals surface area contributed by atoms with E-state index in [9.17, 15) is 4.79 Å². The van der Waals surface area contributed by atoms with Crippen LogP contribution in [0.3, 0.4) is 0 Å². The number of halogens is 1. The van der Waals surface area contributed by atoms with Gasteiger partial charge in [0.05, 0.1) is 13.2 Å². The van der Waals surface area contributed by atoms with E-state index in [0.717, 1.165) is 42.7 Å². The molecule has 1 aliphatic carbocycles. The van der Waals surface area contributed by atoms with E-state index in [2.05, 4.69) is 32.7 Å². The van der Waals surface area contributed by atoms with Gasteiger partial charge in [-0.3, -0.25) is 9.69 Å². The Morgan fingerprint density at radius 2 is 1.92 bits per heavy atom. The zero-order chi connectivity index (χ0) is 25.4. The molecule has 1 fully saturated rings. The average molecular weight is 501 g/mol. The lowest BCUT2D eigenvalue weighted by molar-refractivity contribution is -0.119. The zero-order valence-electron chi connectivity index (χ0n) is 20.7. The molecule has 7 nitrogen and oxygen atoms in total. The number of fused-ring (bicyclic) bond motifs is 2. The Morgan fingerprint density at radius 1 is 1.08 bits per heavy atom. The first-order valence-corrected chi connectivity index (χ1v) is 12.7. The smallest absolute Gasteiger partial charge is 0.300 e. The van der Waals surface area contributed by atoms with E-state index < -0.39 is 0 Å². The molecule has 0 spiro atoms. The SMILES string of the molecule is CC(=O)NC1Cc2ccc(Nc3nc4cccc(-c5ccc(CN6CCOCC6)c(F)c5)c4o3)cc2C1. The highest BCUT2D eigenvalue weighted by molar-refractivity contribution is 5.91. The normalized spacial score (nSPS) is 17.6. The molecule has 6 rings (SSSR count). The second kappa shape index (κ2) is 9.95. The molecule has 1 aliphatic heterocycles. The summed E-state index contributed by atoms with van der Waals surface area (Å²) >= 11 is 0. The molecule has 0 bridgehead atoms. The van der Waals surface area contributed by atoms with Gasteiger partial charge in [-0.2, -0.15) is 4.98 Å². The summed E-state index contributed by atoms with van der Waals surface area (Å²) in [7, 11) is 0. The predicted octanol–water partition coefficient (Wildman–Crippen LogP) is 4.81. The third-order valence-corrected chi connectivity index (χ3v) is 7.07. The fourth-order valence-corrected chi connectivity index (χ4v) is 5.28. The van der Waals surface area contributed by atoms with Crippen LogP contribution in [0.4, 0.5) is 16.1 Å². The fraction of sp³-hybridized carbons (Fsp3) is 0.310. The monoisotopic (exact) mass is 500 g/mol. The molecule has 1 saturated heterocycles. The van der Waals surface area contributed by atoms with Crippen LogP contribution < -0.4 is 10.6 Å². The molecule has 0 saturated carbocycles. The van der Waals surface area contributed by atoms with Crippen molar-refractivity contribution in [2.45, 2.75) is 32.4 Å². The van der Waals surface area contributed by atoms with E-state index in [0.29, 0.717) is 42.4 Å². The van der Waals surface area contributed by atoms with Crippen LogP contribution in [0.25, 0.3) is 22.2 Å². The van der Waals surface area contributed by atoms with E-state index in [1.807, 2.05) is 36.4 Å². The molecule has 0 radical (unpaired) electrons. The van der Waals surface area contributed by atoms with Crippen LogP contribution in [0, 0.1) is 5.82 Å². The summed E-state index contributed by atoms with van der Waals surface area (Å²) in [5, 5.41) is 6.27. The number of para-hydroxylation sites is 1. The van der Waals surface area contributed by atoms with Crippen molar-refractivity contribution >= 4 is 28.7 Å². The van der Waals surface area contributed by atoms with E-state index >= 15 is 4.39 Å². The Kier molecular flexibility index (Phi) is 6.36. The Bertz CT molecular complexity index is 1460. The summed E-state index contributed by atoms with van der Waals surface area (Å²) in [6.45, 7) is 5.12. The second-order valence-electron chi connectivity index (χ2n) is 9.78. The number of nitrogens with one attached hydrogen (secondary N) is 2. The van der Waals surface area contributed by atoms with Crippen molar-refractivity contribution in [3.8, 4) is 11.1 Å². The molecule has 2 N–H and O–H groups in total. The first-order valence-electron chi connectivity index (χ1n) is 12.7. The molecule has 4 aromatic rings. The van der Waals surface area contributed by atoms with E-state index in [-0.39, 0.29) is 17.8 Å². The number of rotatable bonds is 6. The number of amides is 1. The molecule has 1 amide bonds. The van der Waals surface area contributed by atoms with Crippen molar-refractivity contribution < 1.29 is 18.3 Å². The van der Waals surface area contributed by atoms with Crippen LogP contribution in [0.1, 0.15) is 23.6 Å². The molecule has 3 aromatic carbocycles.